The number of hydrogen-bond donors (Lipinski definition) is 2. The van der Waals surface area contributed by atoms with E-state index in [1.54, 1.807) is 48.5 Å². The molecule has 15 heteroatoms. The number of phosphoric ester groups is 1. The van der Waals surface area contributed by atoms with Gasteiger partial charge in [0, 0.05) is 24.3 Å². The summed E-state index contributed by atoms with van der Waals surface area (Å²) >= 11 is 5.78. The van der Waals surface area contributed by atoms with Crippen molar-refractivity contribution in [3.05, 3.63) is 130 Å². The number of anilines is 1. The number of benzene rings is 4. The van der Waals surface area contributed by atoms with Crippen LogP contribution in [-0.2, 0) is 41.4 Å². The highest BCUT2D eigenvalue weighted by molar-refractivity contribution is 7.89. The van der Waals surface area contributed by atoms with Crippen LogP contribution in [0.1, 0.15) is 34.3 Å². The van der Waals surface area contributed by atoms with Crippen molar-refractivity contribution in [3.8, 4) is 0 Å². The average Bonchev–Trinajstić information content (AvgIpc) is 3.27. The lowest BCUT2D eigenvalue weighted by Crippen LogP contribution is -2.40. The molecule has 4 aromatic rings. The van der Waals surface area contributed by atoms with E-state index in [4.69, 9.17) is 25.2 Å². The lowest BCUT2D eigenvalue weighted by atomic mass is 10.1. The Labute approximate surface area is 281 Å². The maximum Gasteiger partial charge on any atom is 0.475 e. The highest BCUT2D eigenvalue weighted by Crippen LogP contribution is 2.53. The number of sulfonamides is 1. The van der Waals surface area contributed by atoms with Gasteiger partial charge in [0.2, 0.25) is 10.0 Å². The summed E-state index contributed by atoms with van der Waals surface area (Å²) in [5, 5.41) is 12.8. The number of aliphatic hydroxyl groups excluding tert-OH is 1. The molecule has 254 valence electrons. The van der Waals surface area contributed by atoms with Gasteiger partial charge in [-0.2, -0.15) is 4.31 Å². The van der Waals surface area contributed by atoms with Crippen LogP contribution in [0.3, 0.4) is 0 Å². The molecule has 1 fully saturated rings. The standard InChI is InChI=1S/C33H32ClF2N2O8PS/c34-29-18-26(12-16-30(29)35)37-33(40)25-11-15-31(36)32(17-25)48(42,43)38-19-27(39)13-14-28(20-38)46-47(41,44-21-23-7-3-1-4-8-23)45-22-24-9-5-2-6-10-24/h1-12,15-18,27-28,39H,13-14,19-22H2,(H,37,40)/t27-,28+/m1/s1. The van der Waals surface area contributed by atoms with Gasteiger partial charge < -0.3 is 10.4 Å². The quantitative estimate of drug-likeness (QED) is 0.151. The summed E-state index contributed by atoms with van der Waals surface area (Å²) in [5.74, 6) is -2.65. The summed E-state index contributed by atoms with van der Waals surface area (Å²) in [5.41, 5.74) is 1.29. The predicted octanol–water partition coefficient (Wildman–Crippen LogP) is 6.94. The first kappa shape index (κ1) is 35.8. The maximum atomic E-state index is 15.1. The summed E-state index contributed by atoms with van der Waals surface area (Å²) in [7, 11) is -9.04. The van der Waals surface area contributed by atoms with Crippen LogP contribution in [0, 0.1) is 11.6 Å². The highest BCUT2D eigenvalue weighted by atomic mass is 35.5. The van der Waals surface area contributed by atoms with Crippen LogP contribution in [0.4, 0.5) is 14.5 Å². The van der Waals surface area contributed by atoms with Crippen LogP contribution in [0.25, 0.3) is 0 Å². The third-order valence-electron chi connectivity index (χ3n) is 7.37. The van der Waals surface area contributed by atoms with Crippen molar-refractivity contribution < 1.29 is 45.2 Å². The number of carbonyl (C=O) groups is 1. The van der Waals surface area contributed by atoms with E-state index in [1.165, 1.54) is 12.1 Å². The molecule has 1 aliphatic heterocycles. The summed E-state index contributed by atoms with van der Waals surface area (Å²) in [4.78, 5) is 12.1. The van der Waals surface area contributed by atoms with Crippen LogP contribution < -0.4 is 5.32 Å². The molecule has 1 heterocycles. The van der Waals surface area contributed by atoms with Gasteiger partial charge in [0.1, 0.15) is 16.5 Å². The van der Waals surface area contributed by atoms with Crippen molar-refractivity contribution >= 4 is 41.0 Å². The Morgan fingerprint density at radius 2 is 1.48 bits per heavy atom. The van der Waals surface area contributed by atoms with Crippen molar-refractivity contribution in [2.45, 2.75) is 43.2 Å². The Bertz CT molecular complexity index is 1840. The summed E-state index contributed by atoms with van der Waals surface area (Å²) in [6.07, 6.45) is -2.11. The van der Waals surface area contributed by atoms with E-state index in [2.05, 4.69) is 5.32 Å². The number of halogens is 3. The zero-order valence-electron chi connectivity index (χ0n) is 25.4. The first-order valence-electron chi connectivity index (χ1n) is 14.8. The molecule has 5 rings (SSSR count). The molecule has 0 aliphatic carbocycles. The average molecular weight is 721 g/mol. The molecule has 2 atom stereocenters. The Morgan fingerprint density at radius 1 is 0.875 bits per heavy atom. The molecule has 0 saturated carbocycles. The lowest BCUT2D eigenvalue weighted by Gasteiger charge is -2.27. The monoisotopic (exact) mass is 720 g/mol. The summed E-state index contributed by atoms with van der Waals surface area (Å²) < 4.78 is 88.4. The van der Waals surface area contributed by atoms with Crippen LogP contribution in [0.15, 0.2) is 102 Å². The second-order valence-electron chi connectivity index (χ2n) is 11.0. The van der Waals surface area contributed by atoms with Gasteiger partial charge in [-0.25, -0.2) is 21.8 Å². The molecule has 0 spiro atoms. The van der Waals surface area contributed by atoms with Gasteiger partial charge in [0.15, 0.2) is 0 Å². The molecule has 0 radical (unpaired) electrons. The number of carbonyl (C=O) groups excluding carboxylic acids is 1. The molecule has 10 nitrogen and oxygen atoms in total. The van der Waals surface area contributed by atoms with Crippen molar-refractivity contribution in [3.63, 3.8) is 0 Å². The molecule has 1 saturated heterocycles. The van der Waals surface area contributed by atoms with Crippen LogP contribution in [0.5, 0.6) is 0 Å². The molecule has 2 N–H and O–H groups in total. The molecule has 0 bridgehead atoms. The van der Waals surface area contributed by atoms with Crippen molar-refractivity contribution in [1.29, 1.82) is 0 Å². The minimum absolute atomic E-state index is 0.0687. The van der Waals surface area contributed by atoms with Gasteiger partial charge >= 0.3 is 7.82 Å². The minimum Gasteiger partial charge on any atom is -0.392 e. The van der Waals surface area contributed by atoms with E-state index in [0.29, 0.717) is 11.1 Å². The number of phosphoric acid groups is 1. The van der Waals surface area contributed by atoms with E-state index in [9.17, 15) is 27.3 Å². The number of hydrogen-bond acceptors (Lipinski definition) is 8. The molecule has 48 heavy (non-hydrogen) atoms. The van der Waals surface area contributed by atoms with Crippen molar-refractivity contribution in [2.75, 3.05) is 18.4 Å². The van der Waals surface area contributed by atoms with Gasteiger partial charge in [-0.15, -0.1) is 0 Å². The molecule has 4 aromatic carbocycles. The number of rotatable bonds is 12. The second kappa shape index (κ2) is 15.8. The van der Waals surface area contributed by atoms with E-state index in [-0.39, 0.29) is 42.3 Å². The smallest absolute Gasteiger partial charge is 0.392 e. The van der Waals surface area contributed by atoms with Crippen LogP contribution in [0.2, 0.25) is 5.02 Å². The second-order valence-corrected chi connectivity index (χ2v) is 14.9. The van der Waals surface area contributed by atoms with Gasteiger partial charge in [-0.1, -0.05) is 72.3 Å². The Morgan fingerprint density at radius 3 is 2.08 bits per heavy atom. The highest BCUT2D eigenvalue weighted by Gasteiger charge is 2.38. The molecular weight excluding hydrogens is 689 g/mol. The predicted molar refractivity (Wildman–Crippen MR) is 175 cm³/mol. The first-order chi connectivity index (χ1) is 22.9. The fourth-order valence-corrected chi connectivity index (χ4v) is 8.00. The summed E-state index contributed by atoms with van der Waals surface area (Å²) in [6.45, 7) is -1.12. The zero-order valence-corrected chi connectivity index (χ0v) is 27.8. The Kier molecular flexibility index (Phi) is 11.8. The van der Waals surface area contributed by atoms with Gasteiger partial charge in [0.05, 0.1) is 30.4 Å². The van der Waals surface area contributed by atoms with Gasteiger partial charge in [0.25, 0.3) is 5.91 Å². The van der Waals surface area contributed by atoms with E-state index >= 15 is 4.39 Å². The van der Waals surface area contributed by atoms with Gasteiger partial charge in [-0.3, -0.25) is 18.4 Å². The molecule has 0 unspecified atom stereocenters. The number of aliphatic hydroxyl groups is 1. The molecular formula is C33H32ClF2N2O8PS. The SMILES string of the molecule is O=C(Nc1ccc(F)c(Cl)c1)c1ccc(F)c(S(=O)(=O)N2C[C@H](O)CC[C@H](OP(=O)(OCc3ccccc3)OCc3ccccc3)C2)c1. The third-order valence-corrected chi connectivity index (χ3v) is 11.0. The van der Waals surface area contributed by atoms with E-state index in [0.717, 1.165) is 28.6 Å². The summed E-state index contributed by atoms with van der Waals surface area (Å²) in [6, 6.07) is 24.0. The van der Waals surface area contributed by atoms with E-state index < -0.39 is 65.6 Å². The fourth-order valence-electron chi connectivity index (χ4n) is 4.87. The number of nitrogens with zero attached hydrogens (tertiary/aromatic N) is 1. The molecule has 1 amide bonds. The maximum absolute atomic E-state index is 15.1. The lowest BCUT2D eigenvalue weighted by molar-refractivity contribution is 0.0618. The topological polar surface area (TPSA) is 131 Å². The number of β-amino-alcohol motifs (C(OH)–C–C–N with tert-alkyl or cyclic N) is 1. The number of amides is 1. The largest absolute Gasteiger partial charge is 0.475 e. The van der Waals surface area contributed by atoms with Crippen LogP contribution >= 0.6 is 19.4 Å². The van der Waals surface area contributed by atoms with E-state index in [1.807, 2.05) is 12.1 Å². The fraction of sp³-hybridized carbons (Fsp3) is 0.242. The van der Waals surface area contributed by atoms with Gasteiger partial charge in [-0.05, 0) is 60.4 Å². The Hall–Kier alpha value is -3.52. The normalized spacial score (nSPS) is 17.5. The molecule has 1 aliphatic rings. The Balaban J connectivity index is 1.36. The first-order valence-corrected chi connectivity index (χ1v) is 18.1. The third kappa shape index (κ3) is 9.34. The zero-order chi connectivity index (χ0) is 34.3. The minimum atomic E-state index is -4.69. The van der Waals surface area contributed by atoms with Crippen molar-refractivity contribution in [1.82, 2.24) is 4.31 Å². The van der Waals surface area contributed by atoms with Crippen LogP contribution in [-0.4, -0.2) is 49.0 Å². The number of nitrogens with one attached hydrogen (secondary N) is 1. The van der Waals surface area contributed by atoms with Crippen molar-refractivity contribution in [2.24, 2.45) is 0 Å². The molecule has 0 aromatic heterocycles.